The molecule has 2 rings (SSSR count). The molecule has 1 amide bonds. The summed E-state index contributed by atoms with van der Waals surface area (Å²) in [7, 11) is 0. The van der Waals surface area contributed by atoms with E-state index in [4.69, 9.17) is 0 Å². The molecule has 0 atom stereocenters. The number of hydrogen-bond donors (Lipinski definition) is 2. The Hall–Kier alpha value is -1.51. The van der Waals surface area contributed by atoms with Crippen LogP contribution in [0.1, 0.15) is 37.8 Å². The Kier molecular flexibility index (Phi) is 3.81. The number of aromatic amines is 1. The van der Waals surface area contributed by atoms with Gasteiger partial charge in [-0.3, -0.25) is 4.79 Å². The summed E-state index contributed by atoms with van der Waals surface area (Å²) in [5, 5.41) is 2.89. The maximum atomic E-state index is 11.6. The van der Waals surface area contributed by atoms with Gasteiger partial charge in [-0.1, -0.05) is 12.0 Å². The van der Waals surface area contributed by atoms with Crippen molar-refractivity contribution in [3.63, 3.8) is 0 Å². The van der Waals surface area contributed by atoms with Gasteiger partial charge in [-0.15, -0.1) is 0 Å². The van der Waals surface area contributed by atoms with Crippen LogP contribution in [0.2, 0.25) is 0 Å². The van der Waals surface area contributed by atoms with Crippen molar-refractivity contribution < 1.29 is 4.79 Å². The SMILES string of the molecule is O=C(C=C1CCCCC1)NCc1ccc[nH]1. The third-order valence-electron chi connectivity index (χ3n) is 2.95. The first-order valence-corrected chi connectivity index (χ1v) is 5.94. The molecule has 2 N–H and O–H groups in total. The molecule has 1 fully saturated rings. The number of H-pyrrole nitrogens is 1. The van der Waals surface area contributed by atoms with E-state index in [0.717, 1.165) is 18.5 Å². The van der Waals surface area contributed by atoms with Gasteiger partial charge in [0.05, 0.1) is 6.54 Å². The molecule has 16 heavy (non-hydrogen) atoms. The molecule has 0 aromatic carbocycles. The van der Waals surface area contributed by atoms with Crippen LogP contribution >= 0.6 is 0 Å². The van der Waals surface area contributed by atoms with Gasteiger partial charge in [0.2, 0.25) is 5.91 Å². The second-order valence-corrected chi connectivity index (χ2v) is 4.28. The van der Waals surface area contributed by atoms with Crippen molar-refractivity contribution in [3.8, 4) is 0 Å². The highest BCUT2D eigenvalue weighted by molar-refractivity contribution is 5.88. The normalized spacial score (nSPS) is 15.9. The zero-order chi connectivity index (χ0) is 11.2. The zero-order valence-electron chi connectivity index (χ0n) is 9.46. The molecule has 1 aliphatic rings. The fraction of sp³-hybridized carbons (Fsp3) is 0.462. The molecule has 1 aliphatic carbocycles. The molecule has 1 aromatic rings. The minimum Gasteiger partial charge on any atom is -0.364 e. The average Bonchev–Trinajstić information content (AvgIpc) is 2.81. The first-order chi connectivity index (χ1) is 7.84. The van der Waals surface area contributed by atoms with E-state index in [-0.39, 0.29) is 5.91 Å². The lowest BCUT2D eigenvalue weighted by molar-refractivity contribution is -0.116. The second kappa shape index (κ2) is 5.54. The maximum absolute atomic E-state index is 11.6. The molecule has 1 saturated carbocycles. The van der Waals surface area contributed by atoms with Gasteiger partial charge in [-0.2, -0.15) is 0 Å². The predicted octanol–water partition coefficient (Wildman–Crippen LogP) is 2.52. The van der Waals surface area contributed by atoms with Crippen molar-refractivity contribution in [1.82, 2.24) is 10.3 Å². The Labute approximate surface area is 95.9 Å². The van der Waals surface area contributed by atoms with Crippen molar-refractivity contribution in [2.45, 2.75) is 38.6 Å². The van der Waals surface area contributed by atoms with E-state index in [0.29, 0.717) is 6.54 Å². The fourth-order valence-electron chi connectivity index (χ4n) is 2.05. The Bertz CT molecular complexity index is 357. The van der Waals surface area contributed by atoms with E-state index in [1.54, 1.807) is 6.08 Å². The minimum absolute atomic E-state index is 0.0338. The van der Waals surface area contributed by atoms with Gasteiger partial charge >= 0.3 is 0 Å². The Morgan fingerprint density at radius 3 is 2.88 bits per heavy atom. The lowest BCUT2D eigenvalue weighted by Crippen LogP contribution is -2.21. The summed E-state index contributed by atoms with van der Waals surface area (Å²) >= 11 is 0. The number of aromatic nitrogens is 1. The van der Waals surface area contributed by atoms with Crippen molar-refractivity contribution in [1.29, 1.82) is 0 Å². The highest BCUT2D eigenvalue weighted by Crippen LogP contribution is 2.22. The van der Waals surface area contributed by atoms with E-state index in [9.17, 15) is 4.79 Å². The van der Waals surface area contributed by atoms with Crippen LogP contribution in [0.25, 0.3) is 0 Å². The first kappa shape index (κ1) is 11.0. The van der Waals surface area contributed by atoms with E-state index in [1.165, 1.54) is 24.8 Å². The van der Waals surface area contributed by atoms with E-state index < -0.39 is 0 Å². The molecule has 0 unspecified atom stereocenters. The first-order valence-electron chi connectivity index (χ1n) is 5.94. The summed E-state index contributed by atoms with van der Waals surface area (Å²) in [4.78, 5) is 14.7. The molecule has 1 aromatic heterocycles. The van der Waals surface area contributed by atoms with Gasteiger partial charge in [-0.05, 0) is 37.8 Å². The van der Waals surface area contributed by atoms with Gasteiger partial charge in [0.25, 0.3) is 0 Å². The number of carbonyl (C=O) groups is 1. The topological polar surface area (TPSA) is 44.9 Å². The highest BCUT2D eigenvalue weighted by atomic mass is 16.1. The molecule has 0 spiro atoms. The van der Waals surface area contributed by atoms with E-state index >= 15 is 0 Å². The van der Waals surface area contributed by atoms with Gasteiger partial charge < -0.3 is 10.3 Å². The quantitative estimate of drug-likeness (QED) is 0.752. The van der Waals surface area contributed by atoms with Crippen LogP contribution in [-0.4, -0.2) is 10.9 Å². The molecule has 0 aliphatic heterocycles. The summed E-state index contributed by atoms with van der Waals surface area (Å²) < 4.78 is 0. The van der Waals surface area contributed by atoms with Crippen LogP contribution in [0.3, 0.4) is 0 Å². The van der Waals surface area contributed by atoms with Crippen molar-refractivity contribution in [3.05, 3.63) is 35.7 Å². The van der Waals surface area contributed by atoms with Crippen molar-refractivity contribution >= 4 is 5.91 Å². The summed E-state index contributed by atoms with van der Waals surface area (Å²) in [6.07, 6.45) is 9.60. The molecule has 3 nitrogen and oxygen atoms in total. The lowest BCUT2D eigenvalue weighted by Gasteiger charge is -2.13. The standard InChI is InChI=1S/C13H18N2O/c16-13(9-11-5-2-1-3-6-11)15-10-12-7-4-8-14-12/h4,7-9,14H,1-3,5-6,10H2,(H,15,16). The predicted molar refractivity (Wildman–Crippen MR) is 63.8 cm³/mol. The number of hydrogen-bond acceptors (Lipinski definition) is 1. The number of allylic oxidation sites excluding steroid dienone is 1. The Balaban J connectivity index is 1.79. The molecule has 1 heterocycles. The van der Waals surface area contributed by atoms with Crippen LogP contribution in [-0.2, 0) is 11.3 Å². The molecular formula is C13H18N2O. The number of nitrogens with one attached hydrogen (secondary N) is 2. The summed E-state index contributed by atoms with van der Waals surface area (Å²) in [6.45, 7) is 0.579. The molecule has 0 bridgehead atoms. The third kappa shape index (κ3) is 3.26. The average molecular weight is 218 g/mol. The van der Waals surface area contributed by atoms with Gasteiger partial charge in [0.1, 0.15) is 0 Å². The fourth-order valence-corrected chi connectivity index (χ4v) is 2.05. The summed E-state index contributed by atoms with van der Waals surface area (Å²) in [5.41, 5.74) is 2.34. The molecule has 0 saturated heterocycles. The van der Waals surface area contributed by atoms with Gasteiger partial charge in [-0.25, -0.2) is 0 Å². The highest BCUT2D eigenvalue weighted by Gasteiger charge is 2.07. The minimum atomic E-state index is 0.0338. The Morgan fingerprint density at radius 1 is 1.38 bits per heavy atom. The number of carbonyl (C=O) groups excluding carboxylic acids is 1. The molecular weight excluding hydrogens is 200 g/mol. The Morgan fingerprint density at radius 2 is 2.19 bits per heavy atom. The van der Waals surface area contributed by atoms with Gasteiger partial charge in [0.15, 0.2) is 0 Å². The van der Waals surface area contributed by atoms with Crippen molar-refractivity contribution in [2.75, 3.05) is 0 Å². The smallest absolute Gasteiger partial charge is 0.244 e. The van der Waals surface area contributed by atoms with E-state index in [1.807, 2.05) is 18.3 Å². The zero-order valence-corrected chi connectivity index (χ0v) is 9.46. The molecule has 86 valence electrons. The third-order valence-corrected chi connectivity index (χ3v) is 2.95. The van der Waals surface area contributed by atoms with Crippen LogP contribution in [0.5, 0.6) is 0 Å². The van der Waals surface area contributed by atoms with Crippen LogP contribution in [0, 0.1) is 0 Å². The number of amides is 1. The summed E-state index contributed by atoms with van der Waals surface area (Å²) in [5.74, 6) is 0.0338. The summed E-state index contributed by atoms with van der Waals surface area (Å²) in [6, 6.07) is 3.90. The number of rotatable bonds is 3. The lowest BCUT2D eigenvalue weighted by atomic mass is 9.95. The van der Waals surface area contributed by atoms with Crippen LogP contribution < -0.4 is 5.32 Å². The van der Waals surface area contributed by atoms with Crippen LogP contribution in [0.15, 0.2) is 30.0 Å². The second-order valence-electron chi connectivity index (χ2n) is 4.28. The monoisotopic (exact) mass is 218 g/mol. The van der Waals surface area contributed by atoms with Crippen LogP contribution in [0.4, 0.5) is 0 Å². The van der Waals surface area contributed by atoms with Gasteiger partial charge in [0, 0.05) is 18.0 Å². The van der Waals surface area contributed by atoms with Crippen molar-refractivity contribution in [2.24, 2.45) is 0 Å². The molecule has 3 heteroatoms. The largest absolute Gasteiger partial charge is 0.364 e. The maximum Gasteiger partial charge on any atom is 0.244 e. The molecule has 0 radical (unpaired) electrons. The van der Waals surface area contributed by atoms with E-state index in [2.05, 4.69) is 10.3 Å².